The van der Waals surface area contributed by atoms with Gasteiger partial charge in [-0.2, -0.15) is 0 Å². The fourth-order valence-electron chi connectivity index (χ4n) is 7.74. The first-order chi connectivity index (χ1) is 24.4. The lowest BCUT2D eigenvalue weighted by Crippen LogP contribution is -2.58. The number of likely N-dealkylation sites (tertiary alicyclic amines) is 1. The molecule has 6 amide bonds. The third kappa shape index (κ3) is 7.42. The molecule has 2 aliphatic carbocycles. The number of halogens is 1. The first kappa shape index (κ1) is 35.2. The zero-order valence-corrected chi connectivity index (χ0v) is 29.3. The molecule has 4 aliphatic heterocycles. The van der Waals surface area contributed by atoms with Crippen LogP contribution in [0.3, 0.4) is 0 Å². The summed E-state index contributed by atoms with van der Waals surface area (Å²) in [7, 11) is -3.90. The van der Waals surface area contributed by atoms with Crippen molar-refractivity contribution < 1.29 is 41.5 Å². The van der Waals surface area contributed by atoms with E-state index >= 15 is 0 Å². The summed E-state index contributed by atoms with van der Waals surface area (Å²) in [5, 5.41) is 5.06. The molecule has 0 aromatic heterocycles. The second kappa shape index (κ2) is 14.1. The Morgan fingerprint density at radius 1 is 0.980 bits per heavy atom. The number of allylic oxidation sites excluding steroid dienone is 1. The van der Waals surface area contributed by atoms with Crippen LogP contribution in [0, 0.1) is 11.7 Å². The second-order valence-corrected chi connectivity index (χ2v) is 16.7. The van der Waals surface area contributed by atoms with E-state index in [0.717, 1.165) is 25.7 Å². The van der Waals surface area contributed by atoms with E-state index in [1.807, 2.05) is 12.2 Å². The molecule has 2 saturated carbocycles. The van der Waals surface area contributed by atoms with Crippen molar-refractivity contribution >= 4 is 39.9 Å². The quantitative estimate of drug-likeness (QED) is 0.388. The molecule has 1 aromatic rings. The van der Waals surface area contributed by atoms with Crippen molar-refractivity contribution in [3.05, 3.63) is 47.3 Å². The van der Waals surface area contributed by atoms with Gasteiger partial charge in [-0.3, -0.25) is 24.0 Å². The smallest absolute Gasteiger partial charge is 0.410 e. The van der Waals surface area contributed by atoms with Crippen LogP contribution in [0.5, 0.6) is 0 Å². The summed E-state index contributed by atoms with van der Waals surface area (Å²) in [6.45, 7) is 1.18. The summed E-state index contributed by atoms with van der Waals surface area (Å²) in [6, 6.07) is 2.14. The van der Waals surface area contributed by atoms with E-state index < -0.39 is 74.5 Å². The van der Waals surface area contributed by atoms with Gasteiger partial charge < -0.3 is 25.2 Å². The number of rotatable bonds is 5. The second-order valence-electron chi connectivity index (χ2n) is 14.7. The van der Waals surface area contributed by atoms with Crippen molar-refractivity contribution in [2.45, 2.75) is 113 Å². The molecule has 51 heavy (non-hydrogen) atoms. The van der Waals surface area contributed by atoms with Gasteiger partial charge in [0.1, 0.15) is 29.5 Å². The number of sulfonamides is 1. The minimum atomic E-state index is -3.90. The molecule has 0 bridgehead atoms. The summed E-state index contributed by atoms with van der Waals surface area (Å²) < 4.78 is 47.9. The maximum Gasteiger partial charge on any atom is 0.410 e. The van der Waals surface area contributed by atoms with Gasteiger partial charge in [0.15, 0.2) is 0 Å². The van der Waals surface area contributed by atoms with Crippen LogP contribution in [0.25, 0.3) is 0 Å². The third-order valence-electron chi connectivity index (χ3n) is 11.0. The minimum Gasteiger partial charge on any atom is -0.444 e. The fraction of sp³-hybridized carbons (Fsp3) is 0.629. The molecule has 5 unspecified atom stereocenters. The number of benzene rings is 1. The number of carbonyl (C=O) groups excluding carboxylic acids is 5. The summed E-state index contributed by atoms with van der Waals surface area (Å²) in [4.78, 5) is 73.0. The van der Waals surface area contributed by atoms with Crippen LogP contribution < -0.4 is 15.4 Å². The largest absolute Gasteiger partial charge is 0.444 e. The molecule has 4 fully saturated rings. The number of amides is 6. The molecule has 7 rings (SSSR count). The van der Waals surface area contributed by atoms with E-state index in [0.29, 0.717) is 56.3 Å². The van der Waals surface area contributed by atoms with E-state index in [1.165, 1.54) is 15.9 Å². The molecule has 0 radical (unpaired) electrons. The fourth-order valence-corrected chi connectivity index (χ4v) is 9.10. The van der Waals surface area contributed by atoms with Gasteiger partial charge in [-0.05, 0) is 63.0 Å². The van der Waals surface area contributed by atoms with Crippen molar-refractivity contribution in [3.8, 4) is 0 Å². The van der Waals surface area contributed by atoms with E-state index in [-0.39, 0.29) is 38.5 Å². The number of fused-ring (bicyclic) bond motifs is 3. The van der Waals surface area contributed by atoms with Crippen LogP contribution in [0.15, 0.2) is 30.4 Å². The Morgan fingerprint density at radius 3 is 2.51 bits per heavy atom. The molecule has 2 saturated heterocycles. The molecule has 1 aromatic carbocycles. The highest BCUT2D eigenvalue weighted by Gasteiger charge is 2.62. The molecular formula is C35H45FN6O8S. The summed E-state index contributed by atoms with van der Waals surface area (Å²) >= 11 is 0. The first-order valence-electron chi connectivity index (χ1n) is 18.1. The van der Waals surface area contributed by atoms with Gasteiger partial charge in [0, 0.05) is 37.5 Å². The molecule has 14 nitrogen and oxygen atoms in total. The number of ether oxygens (including phenoxy) is 1. The van der Waals surface area contributed by atoms with E-state index in [1.54, 1.807) is 17.0 Å². The van der Waals surface area contributed by atoms with Crippen LogP contribution in [0.2, 0.25) is 0 Å². The minimum absolute atomic E-state index is 0.0149. The summed E-state index contributed by atoms with van der Waals surface area (Å²) in [5.41, 5.74) is -0.467. The average Bonchev–Trinajstić information content (AvgIpc) is 3.85. The molecule has 0 spiro atoms. The van der Waals surface area contributed by atoms with Crippen molar-refractivity contribution in [1.82, 2.24) is 30.1 Å². The number of nitrogens with one attached hydrogen (secondary N) is 3. The van der Waals surface area contributed by atoms with Gasteiger partial charge in [-0.15, -0.1) is 0 Å². The van der Waals surface area contributed by atoms with Crippen LogP contribution in [-0.4, -0.2) is 102 Å². The Morgan fingerprint density at radius 2 is 1.76 bits per heavy atom. The van der Waals surface area contributed by atoms with Gasteiger partial charge >= 0.3 is 12.1 Å². The van der Waals surface area contributed by atoms with E-state index in [9.17, 15) is 36.8 Å². The van der Waals surface area contributed by atoms with Crippen LogP contribution >= 0.6 is 0 Å². The molecule has 3 N–H and O–H groups in total. The number of urea groups is 1. The summed E-state index contributed by atoms with van der Waals surface area (Å²) in [6.07, 6.45) is 8.08. The number of carbonyl (C=O) groups is 5. The molecule has 4 heterocycles. The predicted octanol–water partition coefficient (Wildman–Crippen LogP) is 2.43. The monoisotopic (exact) mass is 728 g/mol. The Labute approximate surface area is 296 Å². The van der Waals surface area contributed by atoms with Crippen LogP contribution in [0.4, 0.5) is 14.0 Å². The molecule has 6 aliphatic rings. The number of hydrogen-bond donors (Lipinski definition) is 3. The molecule has 16 heteroatoms. The van der Waals surface area contributed by atoms with Gasteiger partial charge in [0.05, 0.1) is 18.3 Å². The Hall–Kier alpha value is -4.21. The lowest BCUT2D eigenvalue weighted by Gasteiger charge is -2.30. The molecule has 5 atom stereocenters. The van der Waals surface area contributed by atoms with Gasteiger partial charge in [0.2, 0.25) is 21.8 Å². The highest BCUT2D eigenvalue weighted by Crippen LogP contribution is 2.46. The highest BCUT2D eigenvalue weighted by molar-refractivity contribution is 7.91. The number of nitrogens with zero attached hydrogens (tertiary/aromatic N) is 3. The van der Waals surface area contributed by atoms with Gasteiger partial charge in [0.25, 0.3) is 5.91 Å². The Kier molecular flexibility index (Phi) is 9.71. The lowest BCUT2D eigenvalue weighted by molar-refractivity contribution is -0.141. The average molecular weight is 729 g/mol. The topological polar surface area (TPSA) is 175 Å². The predicted molar refractivity (Wildman–Crippen MR) is 180 cm³/mol. The van der Waals surface area contributed by atoms with Crippen molar-refractivity contribution in [2.75, 3.05) is 19.6 Å². The standard InChI is InChI=1S/C35H45FN6O8S/c36-27-11-8-9-22-19-41(21-26(22)27)34(47)50-24-17-29-30(43)38-35(32(45)39-51(48,49)25-13-14-25)18-23(35)10-4-2-1-3-5-12-28(31(44)42(29)20-24)37-33(46)40-15-6-7-16-40/h4,8-11,23-25,28-29H,1-3,5-7,12-21H2,(H,37,46)(H,38,43)(H,39,45)/b10-4-. The molecular weight excluding hydrogens is 683 g/mol. The maximum atomic E-state index is 14.4. The SMILES string of the molecule is O=C1NC2(C(=O)NS(=O)(=O)C3CC3)CC2/C=C\CCCCCC(NC(=O)N2CCCC2)C(=O)N2CC(OC(=O)N3Cc4cccc(F)c4C3)CC12. The lowest BCUT2D eigenvalue weighted by atomic mass is 10.0. The van der Waals surface area contributed by atoms with Crippen LogP contribution in [-0.2, 0) is 42.2 Å². The normalized spacial score (nSPS) is 30.3. The zero-order valence-electron chi connectivity index (χ0n) is 28.5. The Balaban J connectivity index is 1.13. The van der Waals surface area contributed by atoms with Crippen molar-refractivity contribution in [2.24, 2.45) is 5.92 Å². The number of hydrogen-bond acceptors (Lipinski definition) is 8. The Bertz CT molecular complexity index is 1730. The third-order valence-corrected chi connectivity index (χ3v) is 12.8. The summed E-state index contributed by atoms with van der Waals surface area (Å²) in [5.74, 6) is -2.89. The molecule has 276 valence electrons. The maximum absolute atomic E-state index is 14.4. The first-order valence-corrected chi connectivity index (χ1v) is 19.6. The highest BCUT2D eigenvalue weighted by atomic mass is 32.2. The van der Waals surface area contributed by atoms with E-state index in [2.05, 4.69) is 15.4 Å². The van der Waals surface area contributed by atoms with Gasteiger partial charge in [-0.1, -0.05) is 37.1 Å². The van der Waals surface area contributed by atoms with Crippen LogP contribution in [0.1, 0.15) is 81.8 Å². The zero-order chi connectivity index (χ0) is 35.9. The van der Waals surface area contributed by atoms with Gasteiger partial charge in [-0.25, -0.2) is 22.4 Å². The van der Waals surface area contributed by atoms with E-state index in [4.69, 9.17) is 4.74 Å². The van der Waals surface area contributed by atoms with Crippen molar-refractivity contribution in [1.29, 1.82) is 0 Å². The van der Waals surface area contributed by atoms with Crippen molar-refractivity contribution in [3.63, 3.8) is 0 Å².